The van der Waals surface area contributed by atoms with Crippen LogP contribution in [0.2, 0.25) is 20.1 Å². The Morgan fingerprint density at radius 3 is 2.35 bits per heavy atom. The lowest BCUT2D eigenvalue weighted by atomic mass is 9.93. The number of hydrogen-bond donors (Lipinski definition) is 1. The number of aromatic hydroxyl groups is 1. The molecule has 3 atom stereocenters. The summed E-state index contributed by atoms with van der Waals surface area (Å²) in [7, 11) is 1.89. The van der Waals surface area contributed by atoms with E-state index < -0.39 is 22.1 Å². The third-order valence-electron chi connectivity index (χ3n) is 8.89. The van der Waals surface area contributed by atoms with Gasteiger partial charge in [0.15, 0.2) is 11.6 Å². The second-order valence-corrected chi connectivity index (χ2v) is 14.0. The number of pyridine rings is 2. The summed E-state index contributed by atoms with van der Waals surface area (Å²) in [4.78, 5) is 37.8. The van der Waals surface area contributed by atoms with E-state index in [2.05, 4.69) is 12.6 Å². The largest absolute Gasteiger partial charge is 0.504 e. The first-order valence-electron chi connectivity index (χ1n) is 15.1. The molecular weight excluding hydrogens is 701 g/mol. The molecule has 0 bridgehead atoms. The Balaban J connectivity index is 1.94. The number of hydrogen-bond acceptors (Lipinski definition) is 7. The maximum atomic E-state index is 15.1. The summed E-state index contributed by atoms with van der Waals surface area (Å²) in [5.74, 6) is -2.37. The van der Waals surface area contributed by atoms with Crippen LogP contribution in [-0.2, 0) is 4.79 Å². The number of carbonyl (C=O) groups excluding carboxylic acids is 1. The van der Waals surface area contributed by atoms with Gasteiger partial charge >= 0.3 is 0 Å². The number of phenolic OH excluding ortho intramolecular Hbond substituents is 1. The number of likely N-dealkylation sites (N-methyl/N-ethyl adjacent to an activating group) is 1. The summed E-state index contributed by atoms with van der Waals surface area (Å²) in [6, 6.07) is 2.72. The lowest BCUT2D eigenvalue weighted by Gasteiger charge is -2.45. The van der Waals surface area contributed by atoms with Crippen molar-refractivity contribution in [3.63, 3.8) is 0 Å². The number of fused-ring (bicyclic) bond motifs is 1. The lowest BCUT2D eigenvalue weighted by Crippen LogP contribution is -2.58. The number of benzene rings is 1. The van der Waals surface area contributed by atoms with Gasteiger partial charge in [-0.2, -0.15) is 5.26 Å². The minimum Gasteiger partial charge on any atom is -0.504 e. The van der Waals surface area contributed by atoms with E-state index >= 15 is 4.39 Å². The van der Waals surface area contributed by atoms with Crippen molar-refractivity contribution in [3.8, 4) is 23.1 Å². The van der Waals surface area contributed by atoms with Crippen molar-refractivity contribution in [1.29, 1.82) is 5.26 Å². The SMILES string of the molecule is C=CC(=O)N1[C@H](C)CN(c2c(C#N)c(=O)n(C3=C(C)C=CN(C)[C@@H]3C(C)C)c3nc(-c4c(O)c(F)c(Cl)c(Cl)c4Cl)c(Cl)cc23)C[C@@H]1C. The Hall–Kier alpha value is -3.75. The van der Waals surface area contributed by atoms with Gasteiger partial charge in [-0.25, -0.2) is 9.37 Å². The summed E-state index contributed by atoms with van der Waals surface area (Å²) in [5.41, 5.74) is 0.458. The van der Waals surface area contributed by atoms with Crippen LogP contribution in [0.5, 0.6) is 5.75 Å². The number of rotatable bonds is 5. The molecule has 1 N–H and O–H groups in total. The van der Waals surface area contributed by atoms with Crippen LogP contribution >= 0.6 is 46.4 Å². The number of amides is 1. The molecular formula is C34H33Cl4FN6O3. The number of phenols is 1. The molecule has 5 rings (SSSR count). The molecule has 0 radical (unpaired) electrons. The maximum absolute atomic E-state index is 15.1. The minimum atomic E-state index is -1.22. The van der Waals surface area contributed by atoms with Gasteiger partial charge in [0.2, 0.25) is 5.91 Å². The highest BCUT2D eigenvalue weighted by molar-refractivity contribution is 6.49. The molecule has 14 heteroatoms. The van der Waals surface area contributed by atoms with Gasteiger partial charge in [0, 0.05) is 37.6 Å². The molecule has 0 spiro atoms. The number of piperazine rings is 1. The van der Waals surface area contributed by atoms with E-state index in [4.69, 9.17) is 51.4 Å². The summed E-state index contributed by atoms with van der Waals surface area (Å²) >= 11 is 25.6. The first-order chi connectivity index (χ1) is 22.6. The quantitative estimate of drug-likeness (QED) is 0.163. The van der Waals surface area contributed by atoms with Gasteiger partial charge in [-0.05, 0) is 56.7 Å². The fourth-order valence-electron chi connectivity index (χ4n) is 6.91. The fourth-order valence-corrected chi connectivity index (χ4v) is 7.83. The highest BCUT2D eigenvalue weighted by Crippen LogP contribution is 2.48. The van der Waals surface area contributed by atoms with Gasteiger partial charge in [-0.3, -0.25) is 14.2 Å². The van der Waals surface area contributed by atoms with E-state index in [0.29, 0.717) is 11.1 Å². The first-order valence-corrected chi connectivity index (χ1v) is 16.6. The van der Waals surface area contributed by atoms with E-state index in [1.54, 1.807) is 4.90 Å². The Morgan fingerprint density at radius 1 is 1.17 bits per heavy atom. The molecule has 2 aromatic heterocycles. The number of halogens is 5. The molecule has 0 unspecified atom stereocenters. The number of nitrogens with zero attached hydrogens (tertiary/aromatic N) is 6. The van der Waals surface area contributed by atoms with Crippen molar-refractivity contribution in [1.82, 2.24) is 19.4 Å². The molecule has 1 fully saturated rings. The summed E-state index contributed by atoms with van der Waals surface area (Å²) in [6.45, 7) is 13.8. The van der Waals surface area contributed by atoms with Gasteiger partial charge in [-0.15, -0.1) is 0 Å². The van der Waals surface area contributed by atoms with Gasteiger partial charge in [-0.1, -0.05) is 66.8 Å². The van der Waals surface area contributed by atoms with Crippen LogP contribution in [0.4, 0.5) is 10.1 Å². The van der Waals surface area contributed by atoms with Crippen molar-refractivity contribution >= 4 is 74.7 Å². The summed E-state index contributed by atoms with van der Waals surface area (Å²) in [5, 5.41) is 20.6. The molecule has 4 heterocycles. The molecule has 1 saturated heterocycles. The summed E-state index contributed by atoms with van der Waals surface area (Å²) in [6.07, 6.45) is 5.03. The smallest absolute Gasteiger partial charge is 0.276 e. The van der Waals surface area contributed by atoms with Crippen molar-refractivity contribution in [2.24, 2.45) is 5.92 Å². The second kappa shape index (κ2) is 13.3. The van der Waals surface area contributed by atoms with Gasteiger partial charge < -0.3 is 19.8 Å². The van der Waals surface area contributed by atoms with Crippen molar-refractivity contribution in [3.05, 3.63) is 78.4 Å². The van der Waals surface area contributed by atoms with E-state index in [0.717, 1.165) is 5.57 Å². The Bertz CT molecular complexity index is 2010. The van der Waals surface area contributed by atoms with E-state index in [1.807, 2.05) is 63.7 Å². The number of carbonyl (C=O) groups is 1. The monoisotopic (exact) mass is 732 g/mol. The van der Waals surface area contributed by atoms with Crippen molar-refractivity contribution in [2.45, 2.75) is 52.7 Å². The van der Waals surface area contributed by atoms with Crippen LogP contribution in [0.25, 0.3) is 28.0 Å². The summed E-state index contributed by atoms with van der Waals surface area (Å²) < 4.78 is 16.5. The molecule has 0 saturated carbocycles. The van der Waals surface area contributed by atoms with Crippen LogP contribution in [0, 0.1) is 23.1 Å². The second-order valence-electron chi connectivity index (χ2n) is 12.4. The first kappa shape index (κ1) is 35.6. The lowest BCUT2D eigenvalue weighted by molar-refractivity contribution is -0.130. The van der Waals surface area contributed by atoms with Crippen LogP contribution in [0.3, 0.4) is 0 Å². The molecule has 48 heavy (non-hydrogen) atoms. The topological polar surface area (TPSA) is 106 Å². The van der Waals surface area contributed by atoms with Crippen LogP contribution in [0.1, 0.15) is 40.2 Å². The Labute approximate surface area is 297 Å². The number of nitriles is 1. The van der Waals surface area contributed by atoms with E-state index in [1.165, 1.54) is 16.7 Å². The Kier molecular flexibility index (Phi) is 9.84. The van der Waals surface area contributed by atoms with Crippen molar-refractivity contribution in [2.75, 3.05) is 25.0 Å². The number of aromatic nitrogens is 2. The molecule has 2 aliphatic rings. The third kappa shape index (κ3) is 5.61. The zero-order valence-corrected chi connectivity index (χ0v) is 30.1. The molecule has 1 amide bonds. The maximum Gasteiger partial charge on any atom is 0.276 e. The van der Waals surface area contributed by atoms with Gasteiger partial charge in [0.1, 0.15) is 22.3 Å². The van der Waals surface area contributed by atoms with Gasteiger partial charge in [0.25, 0.3) is 5.56 Å². The van der Waals surface area contributed by atoms with Crippen LogP contribution < -0.4 is 10.5 Å². The number of anilines is 1. The molecule has 1 aromatic carbocycles. The Morgan fingerprint density at radius 2 is 1.79 bits per heavy atom. The molecule has 252 valence electrons. The van der Waals surface area contributed by atoms with E-state index in [9.17, 15) is 20.0 Å². The highest BCUT2D eigenvalue weighted by Gasteiger charge is 2.37. The standard InChI is InChI=1S/C34H33Cl4FN6O3/c1-8-22(46)44-17(5)13-43(14-18(44)6)31-19-11-21(35)28(23-24(36)25(37)26(38)27(39)32(23)47)41-33(19)45(34(48)20(31)12-40)30-16(4)9-10-42(7)29(30)15(2)3/h8-11,15,17-18,29,47H,1,13-14H2,2-7H3/t17-,18+,29-/m1/s1. The fraction of sp³-hybridized carbons (Fsp3) is 0.353. The predicted octanol–water partition coefficient (Wildman–Crippen LogP) is 7.72. The van der Waals surface area contributed by atoms with Crippen LogP contribution in [-0.4, -0.2) is 68.6 Å². The molecule has 0 aliphatic carbocycles. The molecule has 3 aromatic rings. The van der Waals surface area contributed by atoms with Crippen molar-refractivity contribution < 1.29 is 14.3 Å². The molecule has 2 aliphatic heterocycles. The zero-order chi connectivity index (χ0) is 35.5. The average Bonchev–Trinajstić information content (AvgIpc) is 3.03. The predicted molar refractivity (Wildman–Crippen MR) is 190 cm³/mol. The minimum absolute atomic E-state index is 0.00339. The zero-order valence-electron chi connectivity index (χ0n) is 27.1. The third-order valence-corrected chi connectivity index (χ3v) is 10.5. The highest BCUT2D eigenvalue weighted by atomic mass is 35.5. The molecule has 9 nitrogen and oxygen atoms in total. The van der Waals surface area contributed by atoms with E-state index in [-0.39, 0.29) is 86.3 Å². The normalized spacial score (nSPS) is 19.8. The van der Waals surface area contributed by atoms with Gasteiger partial charge in [0.05, 0.1) is 43.8 Å². The van der Waals surface area contributed by atoms with Crippen LogP contribution in [0.15, 0.2) is 41.4 Å². The average molecular weight is 734 g/mol. The number of allylic oxidation sites excluding steroid dienone is 2.